The van der Waals surface area contributed by atoms with Crippen LogP contribution in [0.15, 0.2) is 30.5 Å². The zero-order valence-corrected chi connectivity index (χ0v) is 13.7. The molecule has 0 amide bonds. The Morgan fingerprint density at radius 1 is 1.21 bits per heavy atom. The van der Waals surface area contributed by atoms with Crippen LogP contribution >= 0.6 is 0 Å². The lowest BCUT2D eigenvalue weighted by molar-refractivity contribution is 0.311. The van der Waals surface area contributed by atoms with Crippen LogP contribution in [0.25, 0.3) is 11.0 Å². The molecule has 3 aromatic rings. The van der Waals surface area contributed by atoms with Gasteiger partial charge in [0.25, 0.3) is 0 Å². The normalized spacial score (nSPS) is 10.8. The largest absolute Gasteiger partial charge is 0.494 e. The molecule has 0 saturated carbocycles. The van der Waals surface area contributed by atoms with Crippen LogP contribution < -0.4 is 15.4 Å². The number of aromatic nitrogens is 4. The van der Waals surface area contributed by atoms with Crippen LogP contribution in [0.3, 0.4) is 0 Å². The van der Waals surface area contributed by atoms with Crippen LogP contribution in [0.4, 0.5) is 17.5 Å². The zero-order valence-electron chi connectivity index (χ0n) is 13.7. The van der Waals surface area contributed by atoms with Gasteiger partial charge in [0.2, 0.25) is 5.95 Å². The number of hydrogen-bond acceptors (Lipinski definition) is 7. The summed E-state index contributed by atoms with van der Waals surface area (Å²) in [6.07, 6.45) is 1.70. The van der Waals surface area contributed by atoms with Gasteiger partial charge in [0.05, 0.1) is 24.8 Å². The molecule has 0 radical (unpaired) electrons. The number of aliphatic hydroxyl groups is 1. The van der Waals surface area contributed by atoms with E-state index in [0.717, 1.165) is 16.8 Å². The third-order valence-electron chi connectivity index (χ3n) is 3.42. The van der Waals surface area contributed by atoms with Gasteiger partial charge < -0.3 is 20.5 Å². The predicted octanol–water partition coefficient (Wildman–Crippen LogP) is 1.91. The zero-order chi connectivity index (χ0) is 16.9. The second-order valence-electron chi connectivity index (χ2n) is 5.13. The van der Waals surface area contributed by atoms with Crippen molar-refractivity contribution in [1.82, 2.24) is 19.7 Å². The fourth-order valence-electron chi connectivity index (χ4n) is 2.32. The molecule has 0 spiro atoms. The van der Waals surface area contributed by atoms with Gasteiger partial charge >= 0.3 is 0 Å². The van der Waals surface area contributed by atoms with Crippen LogP contribution in [0.2, 0.25) is 0 Å². The Morgan fingerprint density at radius 3 is 2.71 bits per heavy atom. The highest BCUT2D eigenvalue weighted by Crippen LogP contribution is 2.24. The first-order chi connectivity index (χ1) is 11.7. The van der Waals surface area contributed by atoms with E-state index in [2.05, 4.69) is 25.7 Å². The number of rotatable bonds is 7. The van der Waals surface area contributed by atoms with Gasteiger partial charge in [-0.15, -0.1) is 0 Å². The Bertz CT molecular complexity index is 815. The van der Waals surface area contributed by atoms with Crippen molar-refractivity contribution in [3.8, 4) is 5.75 Å². The van der Waals surface area contributed by atoms with E-state index in [1.165, 1.54) is 0 Å². The number of hydrogen-bond donors (Lipinski definition) is 3. The van der Waals surface area contributed by atoms with E-state index in [4.69, 9.17) is 9.84 Å². The van der Waals surface area contributed by atoms with Crippen LogP contribution in [-0.2, 0) is 7.05 Å². The third kappa shape index (κ3) is 3.38. The predicted molar refractivity (Wildman–Crippen MR) is 92.8 cm³/mol. The molecule has 0 unspecified atom stereocenters. The highest BCUT2D eigenvalue weighted by Gasteiger charge is 2.11. The summed E-state index contributed by atoms with van der Waals surface area (Å²) in [6, 6.07) is 7.59. The fourth-order valence-corrected chi connectivity index (χ4v) is 2.32. The molecule has 1 aromatic carbocycles. The van der Waals surface area contributed by atoms with Crippen molar-refractivity contribution in [2.45, 2.75) is 6.92 Å². The quantitative estimate of drug-likeness (QED) is 0.609. The molecule has 2 heterocycles. The fraction of sp³-hybridized carbons (Fsp3) is 0.312. The van der Waals surface area contributed by atoms with Gasteiger partial charge in [0.15, 0.2) is 5.65 Å². The van der Waals surface area contributed by atoms with Crippen LogP contribution in [0, 0.1) is 0 Å². The van der Waals surface area contributed by atoms with E-state index < -0.39 is 0 Å². The lowest BCUT2D eigenvalue weighted by atomic mass is 10.3. The maximum absolute atomic E-state index is 9.02. The third-order valence-corrected chi connectivity index (χ3v) is 3.42. The van der Waals surface area contributed by atoms with Gasteiger partial charge in [0, 0.05) is 19.3 Å². The Balaban J connectivity index is 1.89. The Hall–Kier alpha value is -2.87. The maximum atomic E-state index is 9.02. The highest BCUT2D eigenvalue weighted by atomic mass is 16.5. The van der Waals surface area contributed by atoms with E-state index >= 15 is 0 Å². The van der Waals surface area contributed by atoms with Gasteiger partial charge in [-0.05, 0) is 31.2 Å². The minimum absolute atomic E-state index is 0.0212. The van der Waals surface area contributed by atoms with E-state index in [9.17, 15) is 0 Å². The molecule has 3 rings (SSSR count). The Kier molecular flexibility index (Phi) is 4.76. The summed E-state index contributed by atoms with van der Waals surface area (Å²) in [5.74, 6) is 1.91. The van der Waals surface area contributed by atoms with E-state index in [0.29, 0.717) is 30.6 Å². The molecule has 0 atom stereocenters. The van der Waals surface area contributed by atoms with Gasteiger partial charge in [-0.3, -0.25) is 4.68 Å². The molecule has 8 heteroatoms. The number of ether oxygens (including phenoxy) is 1. The topological polar surface area (TPSA) is 97.1 Å². The molecule has 0 aliphatic rings. The first-order valence-electron chi connectivity index (χ1n) is 7.75. The average molecular weight is 328 g/mol. The van der Waals surface area contributed by atoms with Crippen molar-refractivity contribution in [3.63, 3.8) is 0 Å². The molecule has 3 N–H and O–H groups in total. The summed E-state index contributed by atoms with van der Waals surface area (Å²) in [5, 5.41) is 20.3. The molecule has 0 fully saturated rings. The number of nitrogens with one attached hydrogen (secondary N) is 2. The lowest BCUT2D eigenvalue weighted by Gasteiger charge is -2.10. The molecule has 2 aromatic heterocycles. The van der Waals surface area contributed by atoms with Crippen molar-refractivity contribution < 1.29 is 9.84 Å². The van der Waals surface area contributed by atoms with Crippen LogP contribution in [0.1, 0.15) is 6.92 Å². The van der Waals surface area contributed by atoms with Gasteiger partial charge in [-0.1, -0.05) is 0 Å². The molecular formula is C16H20N6O2. The summed E-state index contributed by atoms with van der Waals surface area (Å²) in [7, 11) is 1.83. The van der Waals surface area contributed by atoms with Crippen molar-refractivity contribution in [2.24, 2.45) is 7.05 Å². The maximum Gasteiger partial charge on any atom is 0.231 e. The number of anilines is 3. The SMILES string of the molecule is CCOc1ccc(Nc2nc(NCCO)c3cnn(C)c3n2)cc1. The van der Waals surface area contributed by atoms with Crippen LogP contribution in [-0.4, -0.2) is 44.6 Å². The first kappa shape index (κ1) is 16.0. The van der Waals surface area contributed by atoms with E-state index in [-0.39, 0.29) is 6.61 Å². The number of nitrogens with zero attached hydrogens (tertiary/aromatic N) is 4. The number of benzene rings is 1. The van der Waals surface area contributed by atoms with Gasteiger partial charge in [-0.2, -0.15) is 15.1 Å². The summed E-state index contributed by atoms with van der Waals surface area (Å²) in [5.41, 5.74) is 1.56. The first-order valence-corrected chi connectivity index (χ1v) is 7.75. The molecule has 24 heavy (non-hydrogen) atoms. The van der Waals surface area contributed by atoms with E-state index in [1.54, 1.807) is 10.9 Å². The summed E-state index contributed by atoms with van der Waals surface area (Å²) in [6.45, 7) is 3.01. The Morgan fingerprint density at radius 2 is 2.00 bits per heavy atom. The molecule has 0 aliphatic heterocycles. The smallest absolute Gasteiger partial charge is 0.231 e. The highest BCUT2D eigenvalue weighted by molar-refractivity contribution is 5.87. The number of fused-ring (bicyclic) bond motifs is 1. The number of aliphatic hydroxyl groups excluding tert-OH is 1. The Labute approximate surface area is 139 Å². The van der Waals surface area contributed by atoms with E-state index in [1.807, 2.05) is 38.2 Å². The molecule has 8 nitrogen and oxygen atoms in total. The second kappa shape index (κ2) is 7.14. The summed E-state index contributed by atoms with van der Waals surface area (Å²) < 4.78 is 7.12. The summed E-state index contributed by atoms with van der Waals surface area (Å²) in [4.78, 5) is 8.98. The summed E-state index contributed by atoms with van der Waals surface area (Å²) >= 11 is 0. The standard InChI is InChI=1S/C16H20N6O2/c1-3-24-12-6-4-11(5-7-12)19-16-20-14(17-8-9-23)13-10-18-22(2)15(13)21-16/h4-7,10,23H,3,8-9H2,1-2H3,(H2,17,19,20,21). The van der Waals surface area contributed by atoms with Crippen molar-refractivity contribution in [2.75, 3.05) is 30.4 Å². The molecule has 0 aliphatic carbocycles. The monoisotopic (exact) mass is 328 g/mol. The second-order valence-corrected chi connectivity index (χ2v) is 5.13. The minimum atomic E-state index is 0.0212. The molecule has 0 bridgehead atoms. The number of aryl methyl sites for hydroxylation is 1. The lowest BCUT2D eigenvalue weighted by Crippen LogP contribution is -2.09. The van der Waals surface area contributed by atoms with Gasteiger partial charge in [-0.25, -0.2) is 0 Å². The molecule has 126 valence electrons. The van der Waals surface area contributed by atoms with Crippen molar-refractivity contribution >= 4 is 28.5 Å². The molecule has 0 saturated heterocycles. The van der Waals surface area contributed by atoms with Crippen molar-refractivity contribution in [3.05, 3.63) is 30.5 Å². The molecular weight excluding hydrogens is 308 g/mol. The van der Waals surface area contributed by atoms with Gasteiger partial charge in [0.1, 0.15) is 11.6 Å². The minimum Gasteiger partial charge on any atom is -0.494 e. The van der Waals surface area contributed by atoms with Crippen molar-refractivity contribution in [1.29, 1.82) is 0 Å². The average Bonchev–Trinajstić information content (AvgIpc) is 2.96. The van der Waals surface area contributed by atoms with Crippen LogP contribution in [0.5, 0.6) is 5.75 Å².